The van der Waals surface area contributed by atoms with Gasteiger partial charge in [-0.25, -0.2) is 0 Å². The van der Waals surface area contributed by atoms with E-state index in [1.807, 2.05) is 12.1 Å². The Labute approximate surface area is 174 Å². The van der Waals surface area contributed by atoms with E-state index in [1.165, 1.54) is 11.1 Å². The molecule has 0 aromatic heterocycles. The van der Waals surface area contributed by atoms with Crippen molar-refractivity contribution in [2.75, 3.05) is 13.1 Å². The van der Waals surface area contributed by atoms with Crippen LogP contribution in [-0.4, -0.2) is 52.8 Å². The van der Waals surface area contributed by atoms with Crippen molar-refractivity contribution in [3.8, 4) is 0 Å². The average Bonchev–Trinajstić information content (AvgIpc) is 3.28. The first kappa shape index (κ1) is 19.6. The van der Waals surface area contributed by atoms with Gasteiger partial charge >= 0.3 is 0 Å². The third-order valence-corrected chi connectivity index (χ3v) is 7.01. The van der Waals surface area contributed by atoms with Crippen molar-refractivity contribution in [2.24, 2.45) is 17.8 Å². The molecule has 2 fully saturated rings. The van der Waals surface area contributed by atoms with Crippen molar-refractivity contribution < 1.29 is 14.4 Å². The van der Waals surface area contributed by atoms with E-state index in [9.17, 15) is 14.4 Å². The summed E-state index contributed by atoms with van der Waals surface area (Å²) in [6.45, 7) is 0.731. The molecule has 5 atom stereocenters. The average molecular weight is 415 g/mol. The van der Waals surface area contributed by atoms with Crippen molar-refractivity contribution in [3.05, 3.63) is 35.4 Å². The molecule has 0 spiro atoms. The summed E-state index contributed by atoms with van der Waals surface area (Å²) in [7, 11) is 0. The van der Waals surface area contributed by atoms with Gasteiger partial charge in [-0.15, -0.1) is 0 Å². The number of aldehydes is 1. The number of hydrogen-bond acceptors (Lipinski definition) is 7. The van der Waals surface area contributed by atoms with Crippen LogP contribution >= 0.6 is 24.4 Å². The molecule has 2 N–H and O–H groups in total. The Morgan fingerprint density at radius 1 is 0.964 bits per heavy atom. The van der Waals surface area contributed by atoms with Gasteiger partial charge in [0.2, 0.25) is 0 Å². The minimum atomic E-state index is -0.692. The molecule has 7 heteroatoms. The molecular weight excluding hydrogens is 392 g/mol. The number of Topliss-reactive ketones (excluding diaryl/α,β-unsaturated/α-hetero) is 2. The Hall–Kier alpha value is -1.67. The first-order valence-corrected chi connectivity index (χ1v) is 10.4. The van der Waals surface area contributed by atoms with Crippen molar-refractivity contribution in [1.29, 1.82) is 0 Å². The van der Waals surface area contributed by atoms with Crippen LogP contribution in [0.3, 0.4) is 0 Å². The Morgan fingerprint density at radius 3 is 2.39 bits per heavy atom. The molecule has 0 amide bonds. The number of carbonyl (C=O) groups excluding carboxylic acids is 3. The van der Waals surface area contributed by atoms with E-state index < -0.39 is 23.9 Å². The van der Waals surface area contributed by atoms with Crippen molar-refractivity contribution in [2.45, 2.75) is 31.3 Å². The summed E-state index contributed by atoms with van der Waals surface area (Å²) in [6, 6.07) is 6.88. The Kier molecular flexibility index (Phi) is 5.60. The van der Waals surface area contributed by atoms with E-state index >= 15 is 0 Å². The van der Waals surface area contributed by atoms with Crippen molar-refractivity contribution in [3.63, 3.8) is 0 Å². The monoisotopic (exact) mass is 414 g/mol. The Balaban J connectivity index is 1.55. The maximum absolute atomic E-state index is 13.4. The predicted molar refractivity (Wildman–Crippen MR) is 114 cm³/mol. The molecule has 28 heavy (non-hydrogen) atoms. The minimum Gasteiger partial charge on any atom is -0.302 e. The van der Waals surface area contributed by atoms with E-state index in [4.69, 9.17) is 24.4 Å². The zero-order chi connectivity index (χ0) is 19.8. The van der Waals surface area contributed by atoms with Gasteiger partial charge in [-0.1, -0.05) is 48.7 Å². The summed E-state index contributed by atoms with van der Waals surface area (Å²) in [5, 5.41) is 6.09. The summed E-state index contributed by atoms with van der Waals surface area (Å²) in [5.74, 6) is -1.57. The molecule has 0 bridgehead atoms. The summed E-state index contributed by atoms with van der Waals surface area (Å²) in [5.41, 5.74) is 2.50. The number of carbonyl (C=O) groups is 3. The molecule has 2 unspecified atom stereocenters. The van der Waals surface area contributed by atoms with E-state index in [0.29, 0.717) is 29.2 Å². The summed E-state index contributed by atoms with van der Waals surface area (Å²) in [6.07, 6.45) is 3.05. The van der Waals surface area contributed by atoms with Crippen LogP contribution in [0.2, 0.25) is 0 Å². The fraction of sp³-hybridized carbons (Fsp3) is 0.476. The lowest BCUT2D eigenvalue weighted by atomic mass is 9.75. The number of thiocarbonyl (C=S) groups is 2. The highest BCUT2D eigenvalue weighted by Gasteiger charge is 2.48. The van der Waals surface area contributed by atoms with Gasteiger partial charge < -0.3 is 15.4 Å². The quantitative estimate of drug-likeness (QED) is 0.551. The van der Waals surface area contributed by atoms with Crippen LogP contribution in [0, 0.1) is 17.8 Å². The fourth-order valence-corrected chi connectivity index (χ4v) is 5.39. The second-order valence-corrected chi connectivity index (χ2v) is 8.85. The van der Waals surface area contributed by atoms with Gasteiger partial charge in [0.25, 0.3) is 0 Å². The fourth-order valence-electron chi connectivity index (χ4n) is 4.71. The molecule has 5 nitrogen and oxygen atoms in total. The Bertz CT molecular complexity index is 869. The number of fused-ring (bicyclic) bond motifs is 1. The van der Waals surface area contributed by atoms with Gasteiger partial charge in [0.1, 0.15) is 12.1 Å². The molecular formula is C21H22N2O3S2. The zero-order valence-corrected chi connectivity index (χ0v) is 17.0. The third-order valence-electron chi connectivity index (χ3n) is 6.21. The number of ketones is 2. The third kappa shape index (κ3) is 3.41. The molecule has 146 valence electrons. The van der Waals surface area contributed by atoms with Gasteiger partial charge in [0, 0.05) is 28.7 Å². The number of aryl methyl sites for hydroxylation is 1. The number of benzene rings is 1. The van der Waals surface area contributed by atoms with Gasteiger partial charge in [-0.3, -0.25) is 9.59 Å². The highest BCUT2D eigenvalue weighted by Crippen LogP contribution is 2.31. The lowest BCUT2D eigenvalue weighted by molar-refractivity contribution is -0.131. The molecule has 2 saturated heterocycles. The SMILES string of the molecule is O=C[C@H]1NCC(=S)C1C(=O)[C@H]1NCC(=S)C1C(=O)[C@H]1CCc2ccccc2C1. The summed E-state index contributed by atoms with van der Waals surface area (Å²) < 4.78 is 0. The van der Waals surface area contributed by atoms with E-state index in [2.05, 4.69) is 22.8 Å². The molecule has 1 aliphatic carbocycles. The van der Waals surface area contributed by atoms with Crippen LogP contribution in [-0.2, 0) is 27.2 Å². The predicted octanol–water partition coefficient (Wildman–Crippen LogP) is 1.04. The second-order valence-electron chi connectivity index (χ2n) is 7.80. The second kappa shape index (κ2) is 7.99. The number of hydrogen-bond donors (Lipinski definition) is 2. The molecule has 1 aromatic rings. The standard InChI is InChI=1S/C21H22N2O3S2/c24-10-14-17(15(27)8-22-14)21(26)19-18(16(28)9-23-19)20(25)13-6-5-11-3-1-2-4-12(11)7-13/h1-4,10,13-14,17-19,22-23H,5-9H2/t13-,14+,17?,18?,19-/m0/s1. The minimum absolute atomic E-state index is 0.0439. The zero-order valence-electron chi connectivity index (χ0n) is 15.4. The van der Waals surface area contributed by atoms with Gasteiger partial charge in [-0.2, -0.15) is 0 Å². The topological polar surface area (TPSA) is 75.3 Å². The lowest BCUT2D eigenvalue weighted by Gasteiger charge is -2.28. The van der Waals surface area contributed by atoms with Gasteiger partial charge in [0.15, 0.2) is 5.78 Å². The molecule has 2 aliphatic heterocycles. The molecule has 2 heterocycles. The maximum Gasteiger partial charge on any atom is 0.160 e. The Morgan fingerprint density at radius 2 is 1.64 bits per heavy atom. The molecule has 0 saturated carbocycles. The van der Waals surface area contributed by atoms with Crippen LogP contribution < -0.4 is 10.6 Å². The highest BCUT2D eigenvalue weighted by molar-refractivity contribution is 7.80. The van der Waals surface area contributed by atoms with Crippen LogP contribution in [0.15, 0.2) is 24.3 Å². The first-order chi connectivity index (χ1) is 13.5. The van der Waals surface area contributed by atoms with E-state index in [-0.39, 0.29) is 17.5 Å². The highest BCUT2D eigenvalue weighted by atomic mass is 32.1. The van der Waals surface area contributed by atoms with Gasteiger partial charge in [0.05, 0.1) is 23.9 Å². The molecule has 0 radical (unpaired) electrons. The van der Waals surface area contributed by atoms with E-state index in [0.717, 1.165) is 19.1 Å². The van der Waals surface area contributed by atoms with Crippen LogP contribution in [0.5, 0.6) is 0 Å². The summed E-state index contributed by atoms with van der Waals surface area (Å²) >= 11 is 10.8. The number of rotatable bonds is 5. The largest absolute Gasteiger partial charge is 0.302 e. The smallest absolute Gasteiger partial charge is 0.160 e. The molecule has 3 aliphatic rings. The van der Waals surface area contributed by atoms with Crippen LogP contribution in [0.25, 0.3) is 0 Å². The normalized spacial score (nSPS) is 32.2. The lowest BCUT2D eigenvalue weighted by Crippen LogP contribution is -2.48. The number of nitrogens with one attached hydrogen (secondary N) is 2. The summed E-state index contributed by atoms with van der Waals surface area (Å²) in [4.78, 5) is 39.0. The molecule has 4 rings (SSSR count). The van der Waals surface area contributed by atoms with Crippen LogP contribution in [0.1, 0.15) is 17.5 Å². The van der Waals surface area contributed by atoms with Gasteiger partial charge in [-0.05, 0) is 30.4 Å². The maximum atomic E-state index is 13.4. The van der Waals surface area contributed by atoms with Crippen molar-refractivity contribution >= 4 is 52.0 Å². The first-order valence-electron chi connectivity index (χ1n) is 9.63. The van der Waals surface area contributed by atoms with Crippen molar-refractivity contribution in [1.82, 2.24) is 10.6 Å². The van der Waals surface area contributed by atoms with E-state index in [1.54, 1.807) is 0 Å². The van der Waals surface area contributed by atoms with Crippen LogP contribution in [0.4, 0.5) is 0 Å². The molecule has 1 aromatic carbocycles.